The van der Waals surface area contributed by atoms with Crippen molar-refractivity contribution in [2.75, 3.05) is 0 Å². The highest BCUT2D eigenvalue weighted by Crippen LogP contribution is 2.20. The van der Waals surface area contributed by atoms with Crippen molar-refractivity contribution in [1.29, 1.82) is 0 Å². The van der Waals surface area contributed by atoms with E-state index in [0.29, 0.717) is 11.4 Å². The summed E-state index contributed by atoms with van der Waals surface area (Å²) in [7, 11) is 0. The smallest absolute Gasteiger partial charge is 0.339 e. The number of rotatable bonds is 4. The molecule has 0 saturated heterocycles. The monoisotopic (exact) mass is 397 g/mol. The van der Waals surface area contributed by atoms with Crippen LogP contribution in [-0.4, -0.2) is 21.1 Å². The number of benzene rings is 2. The van der Waals surface area contributed by atoms with Crippen LogP contribution in [0.1, 0.15) is 16.2 Å². The van der Waals surface area contributed by atoms with E-state index in [0.717, 1.165) is 20.9 Å². The summed E-state index contributed by atoms with van der Waals surface area (Å²) < 4.78 is 11.4. The highest BCUT2D eigenvalue weighted by atomic mass is 79.9. The minimum absolute atomic E-state index is 0.0802. The molecule has 0 spiro atoms. The van der Waals surface area contributed by atoms with Gasteiger partial charge in [0, 0.05) is 27.1 Å². The molecular formula is C18H12BrN3O3. The van der Waals surface area contributed by atoms with Crippen LogP contribution in [0, 0.1) is 0 Å². The lowest BCUT2D eigenvalue weighted by atomic mass is 10.1. The molecule has 4 rings (SSSR count). The van der Waals surface area contributed by atoms with Crippen LogP contribution in [0.2, 0.25) is 0 Å². The maximum atomic E-state index is 12.3. The van der Waals surface area contributed by atoms with Gasteiger partial charge in [-0.3, -0.25) is 0 Å². The first-order valence-electron chi connectivity index (χ1n) is 7.52. The lowest BCUT2D eigenvalue weighted by Gasteiger charge is -2.03. The van der Waals surface area contributed by atoms with E-state index < -0.39 is 5.97 Å². The second kappa shape index (κ2) is 6.52. The van der Waals surface area contributed by atoms with Gasteiger partial charge in [-0.25, -0.2) is 4.79 Å². The summed E-state index contributed by atoms with van der Waals surface area (Å²) in [6.07, 6.45) is 1.78. The summed E-state index contributed by atoms with van der Waals surface area (Å²) >= 11 is 3.38. The molecule has 0 amide bonds. The number of aromatic amines is 1. The van der Waals surface area contributed by atoms with E-state index in [-0.39, 0.29) is 12.5 Å². The summed E-state index contributed by atoms with van der Waals surface area (Å²) in [5.41, 5.74) is 2.19. The number of aromatic nitrogens is 3. The highest BCUT2D eigenvalue weighted by Gasteiger charge is 2.15. The zero-order valence-electron chi connectivity index (χ0n) is 12.9. The molecule has 2 aromatic carbocycles. The Balaban J connectivity index is 1.47. The van der Waals surface area contributed by atoms with E-state index in [4.69, 9.17) is 9.26 Å². The van der Waals surface area contributed by atoms with Crippen molar-refractivity contribution in [3.8, 4) is 11.4 Å². The fourth-order valence-electron chi connectivity index (χ4n) is 2.50. The zero-order chi connectivity index (χ0) is 17.2. The van der Waals surface area contributed by atoms with Crippen LogP contribution < -0.4 is 0 Å². The number of carbonyl (C=O) groups excluding carboxylic acids is 1. The second-order valence-corrected chi connectivity index (χ2v) is 6.25. The molecule has 0 aliphatic heterocycles. The predicted octanol–water partition coefficient (Wildman–Crippen LogP) is 4.34. The topological polar surface area (TPSA) is 81.0 Å². The van der Waals surface area contributed by atoms with E-state index in [1.165, 1.54) is 0 Å². The maximum absolute atomic E-state index is 12.3. The minimum atomic E-state index is -0.436. The molecule has 4 aromatic rings. The number of hydrogen-bond acceptors (Lipinski definition) is 5. The Morgan fingerprint density at radius 1 is 1.16 bits per heavy atom. The van der Waals surface area contributed by atoms with Gasteiger partial charge in [-0.1, -0.05) is 27.2 Å². The van der Waals surface area contributed by atoms with Gasteiger partial charge in [-0.2, -0.15) is 4.98 Å². The number of esters is 1. The maximum Gasteiger partial charge on any atom is 0.339 e. The van der Waals surface area contributed by atoms with Gasteiger partial charge in [0.25, 0.3) is 5.89 Å². The summed E-state index contributed by atoms with van der Waals surface area (Å²) in [6.45, 7) is -0.0802. The van der Waals surface area contributed by atoms with Gasteiger partial charge in [-0.05, 0) is 42.5 Å². The number of halogens is 1. The molecule has 0 saturated carbocycles. The third-order valence-electron chi connectivity index (χ3n) is 3.71. The van der Waals surface area contributed by atoms with Gasteiger partial charge in [0.15, 0.2) is 6.61 Å². The van der Waals surface area contributed by atoms with Crippen molar-refractivity contribution in [3.05, 3.63) is 70.7 Å². The van der Waals surface area contributed by atoms with Crippen molar-refractivity contribution < 1.29 is 14.1 Å². The molecule has 0 atom stereocenters. The first kappa shape index (κ1) is 15.6. The van der Waals surface area contributed by atoms with Crippen molar-refractivity contribution in [1.82, 2.24) is 15.1 Å². The van der Waals surface area contributed by atoms with Gasteiger partial charge in [-0.15, -0.1) is 0 Å². The van der Waals surface area contributed by atoms with Crippen LogP contribution in [0.3, 0.4) is 0 Å². The molecule has 0 fully saturated rings. The van der Waals surface area contributed by atoms with Crippen LogP contribution in [0.5, 0.6) is 0 Å². The number of fused-ring (bicyclic) bond motifs is 1. The molecule has 25 heavy (non-hydrogen) atoms. The van der Waals surface area contributed by atoms with Crippen LogP contribution in [0.15, 0.2) is 63.7 Å². The minimum Gasteiger partial charge on any atom is -0.452 e. The molecule has 0 aliphatic rings. The molecule has 2 aromatic heterocycles. The van der Waals surface area contributed by atoms with E-state index in [1.54, 1.807) is 18.3 Å². The fraction of sp³-hybridized carbons (Fsp3) is 0.0556. The van der Waals surface area contributed by atoms with Gasteiger partial charge in [0.05, 0.1) is 5.56 Å². The first-order chi connectivity index (χ1) is 12.2. The molecular weight excluding hydrogens is 386 g/mol. The number of nitrogens with one attached hydrogen (secondary N) is 1. The Kier molecular flexibility index (Phi) is 4.07. The number of hydrogen-bond donors (Lipinski definition) is 1. The SMILES string of the molecule is O=C(OCc1nc(-c2ccc(Br)cc2)no1)c1cccc2[nH]ccc12. The Labute approximate surface area is 150 Å². The van der Waals surface area contributed by atoms with Crippen molar-refractivity contribution >= 4 is 32.8 Å². The number of carbonyl (C=O) groups is 1. The molecule has 0 bridgehead atoms. The number of ether oxygens (including phenoxy) is 1. The Bertz CT molecular complexity index is 1040. The fourth-order valence-corrected chi connectivity index (χ4v) is 2.76. The molecule has 0 radical (unpaired) electrons. The van der Waals surface area contributed by atoms with E-state index in [1.807, 2.05) is 36.4 Å². The Morgan fingerprint density at radius 3 is 2.84 bits per heavy atom. The van der Waals surface area contributed by atoms with Gasteiger partial charge in [0.1, 0.15) is 0 Å². The Hall–Kier alpha value is -2.93. The van der Waals surface area contributed by atoms with Gasteiger partial charge >= 0.3 is 5.97 Å². The highest BCUT2D eigenvalue weighted by molar-refractivity contribution is 9.10. The number of H-pyrrole nitrogens is 1. The second-order valence-electron chi connectivity index (χ2n) is 5.34. The molecule has 6 nitrogen and oxygen atoms in total. The van der Waals surface area contributed by atoms with Crippen LogP contribution in [0.4, 0.5) is 0 Å². The summed E-state index contributed by atoms with van der Waals surface area (Å²) in [5.74, 6) is 0.257. The lowest BCUT2D eigenvalue weighted by Crippen LogP contribution is -2.05. The van der Waals surface area contributed by atoms with E-state index >= 15 is 0 Å². The van der Waals surface area contributed by atoms with Gasteiger partial charge in [0.2, 0.25) is 5.82 Å². The molecule has 2 heterocycles. The third-order valence-corrected chi connectivity index (χ3v) is 4.24. The molecule has 7 heteroatoms. The van der Waals surface area contributed by atoms with Crippen molar-refractivity contribution in [3.63, 3.8) is 0 Å². The Morgan fingerprint density at radius 2 is 2.00 bits per heavy atom. The van der Waals surface area contributed by atoms with E-state index in [9.17, 15) is 4.79 Å². The van der Waals surface area contributed by atoms with Crippen LogP contribution >= 0.6 is 15.9 Å². The lowest BCUT2D eigenvalue weighted by molar-refractivity contribution is 0.0432. The van der Waals surface area contributed by atoms with E-state index in [2.05, 4.69) is 31.1 Å². The predicted molar refractivity (Wildman–Crippen MR) is 94.9 cm³/mol. The third kappa shape index (κ3) is 3.18. The summed E-state index contributed by atoms with van der Waals surface area (Å²) in [4.78, 5) is 19.6. The summed E-state index contributed by atoms with van der Waals surface area (Å²) in [5, 5.41) is 4.72. The quantitative estimate of drug-likeness (QED) is 0.518. The molecule has 0 aliphatic carbocycles. The van der Waals surface area contributed by atoms with Crippen LogP contribution in [-0.2, 0) is 11.3 Å². The average Bonchev–Trinajstić information content (AvgIpc) is 3.29. The first-order valence-corrected chi connectivity index (χ1v) is 8.32. The zero-order valence-corrected chi connectivity index (χ0v) is 14.5. The standard InChI is InChI=1S/C18H12BrN3O3/c19-12-6-4-11(5-7-12)17-21-16(25-22-17)10-24-18(23)14-2-1-3-15-13(14)8-9-20-15/h1-9,20H,10H2. The van der Waals surface area contributed by atoms with Gasteiger partial charge < -0.3 is 14.2 Å². The summed E-state index contributed by atoms with van der Waals surface area (Å²) in [6, 6.07) is 14.8. The van der Waals surface area contributed by atoms with Crippen molar-refractivity contribution in [2.24, 2.45) is 0 Å². The molecule has 1 N–H and O–H groups in total. The van der Waals surface area contributed by atoms with Crippen molar-refractivity contribution in [2.45, 2.75) is 6.61 Å². The molecule has 124 valence electrons. The number of nitrogens with zero attached hydrogens (tertiary/aromatic N) is 2. The van der Waals surface area contributed by atoms with Crippen LogP contribution in [0.25, 0.3) is 22.3 Å². The normalized spacial score (nSPS) is 10.9. The average molecular weight is 398 g/mol. The largest absolute Gasteiger partial charge is 0.452 e. The molecule has 0 unspecified atom stereocenters.